The molecular formula is C43H52BrN9O7. The fourth-order valence-corrected chi connectivity index (χ4v) is 7.39. The Morgan fingerprint density at radius 3 is 2.37 bits per heavy atom. The fraction of sp³-hybridized carbons (Fsp3) is 0.395. The van der Waals surface area contributed by atoms with Crippen LogP contribution in [0.25, 0.3) is 17.1 Å². The van der Waals surface area contributed by atoms with E-state index in [1.807, 2.05) is 48.5 Å². The van der Waals surface area contributed by atoms with Crippen molar-refractivity contribution in [2.24, 2.45) is 5.73 Å². The molecule has 2 heterocycles. The van der Waals surface area contributed by atoms with Gasteiger partial charge in [0.15, 0.2) is 0 Å². The zero-order valence-electron chi connectivity index (χ0n) is 33.3. The van der Waals surface area contributed by atoms with Crippen LogP contribution in [0, 0.1) is 0 Å². The van der Waals surface area contributed by atoms with Crippen LogP contribution in [-0.2, 0) is 35.2 Å². The maximum absolute atomic E-state index is 13.9. The first kappa shape index (κ1) is 45.0. The molecule has 5 rings (SSSR count). The van der Waals surface area contributed by atoms with Crippen LogP contribution in [0.1, 0.15) is 88.2 Å². The Hall–Kier alpha value is -6.10. The standard InChI is InChI=1S/C43H52BrN9O7/c44-30-16-19-32-35(26-30)52-42(51-32)48-31-17-12-28(13-18-31)14-21-37(55)49-33(9-2-5-25-47-36(54)20-15-29-8-7-24-46-27-29)39(58)50-34(10-6-11-38(56)57)40(59)53-43(41(45)60)22-3-1-4-23-43/h7-8,12-13,15-20,24,26-27,33-34H,1-6,9-11,14,21-23,25H2,(H2,45,60)(H,47,54)(H,49,55)(H,50,58)(H,53,59)(H,56,57)(H2,48,51,52)/b20-15+/t33-,34-/m1/s1. The smallest absolute Gasteiger partial charge is 0.303 e. The van der Waals surface area contributed by atoms with E-state index in [4.69, 9.17) is 5.73 Å². The first-order valence-electron chi connectivity index (χ1n) is 20.2. The average molecular weight is 887 g/mol. The number of benzene rings is 2. The summed E-state index contributed by atoms with van der Waals surface area (Å²) in [6, 6.07) is 14.7. The van der Waals surface area contributed by atoms with Crippen LogP contribution < -0.4 is 32.3 Å². The molecule has 60 heavy (non-hydrogen) atoms. The van der Waals surface area contributed by atoms with E-state index in [2.05, 4.69) is 57.5 Å². The van der Waals surface area contributed by atoms with Gasteiger partial charge in [0.25, 0.3) is 0 Å². The van der Waals surface area contributed by atoms with Crippen molar-refractivity contribution in [3.8, 4) is 0 Å². The zero-order chi connectivity index (χ0) is 42.9. The van der Waals surface area contributed by atoms with Crippen LogP contribution >= 0.6 is 15.9 Å². The number of anilines is 2. The van der Waals surface area contributed by atoms with Gasteiger partial charge in [0.1, 0.15) is 17.6 Å². The molecule has 1 aliphatic carbocycles. The first-order chi connectivity index (χ1) is 28.9. The van der Waals surface area contributed by atoms with Gasteiger partial charge in [-0.15, -0.1) is 0 Å². The lowest BCUT2D eigenvalue weighted by atomic mass is 9.80. The monoisotopic (exact) mass is 885 g/mol. The number of carboxylic acids is 1. The summed E-state index contributed by atoms with van der Waals surface area (Å²) in [4.78, 5) is 89.0. The Bertz CT molecular complexity index is 2140. The lowest BCUT2D eigenvalue weighted by Gasteiger charge is -2.36. The van der Waals surface area contributed by atoms with Gasteiger partial charge in [-0.1, -0.05) is 53.4 Å². The highest BCUT2D eigenvalue weighted by atomic mass is 79.9. The Balaban J connectivity index is 1.20. The number of aromatic amines is 1. The van der Waals surface area contributed by atoms with E-state index >= 15 is 0 Å². The summed E-state index contributed by atoms with van der Waals surface area (Å²) in [5.74, 6) is -3.10. The van der Waals surface area contributed by atoms with Gasteiger partial charge >= 0.3 is 5.97 Å². The van der Waals surface area contributed by atoms with Gasteiger partial charge in [0.2, 0.25) is 35.5 Å². The number of aryl methyl sites for hydroxylation is 1. The van der Waals surface area contributed by atoms with Gasteiger partial charge in [-0.25, -0.2) is 4.98 Å². The molecule has 1 saturated carbocycles. The molecule has 0 unspecified atom stereocenters. The summed E-state index contributed by atoms with van der Waals surface area (Å²) in [7, 11) is 0. The van der Waals surface area contributed by atoms with Gasteiger partial charge in [0, 0.05) is 48.0 Å². The maximum atomic E-state index is 13.9. The van der Waals surface area contributed by atoms with Gasteiger partial charge in [-0.05, 0) is 105 Å². The summed E-state index contributed by atoms with van der Waals surface area (Å²) in [6.07, 6.45) is 10.7. The van der Waals surface area contributed by atoms with Crippen molar-refractivity contribution < 1.29 is 33.9 Å². The van der Waals surface area contributed by atoms with E-state index in [0.717, 1.165) is 38.7 Å². The minimum Gasteiger partial charge on any atom is -0.481 e. The third-order valence-corrected chi connectivity index (χ3v) is 10.8. The number of imidazole rings is 1. The van der Waals surface area contributed by atoms with Crippen LogP contribution in [0.3, 0.4) is 0 Å². The molecule has 0 spiro atoms. The zero-order valence-corrected chi connectivity index (χ0v) is 34.9. The number of aliphatic carboxylic acids is 1. The molecule has 0 saturated heterocycles. The molecule has 1 aliphatic rings. The minimum absolute atomic E-state index is 0.0169. The number of hydrogen-bond acceptors (Lipinski definition) is 9. The fourth-order valence-electron chi connectivity index (χ4n) is 7.03. The molecule has 9 N–H and O–H groups in total. The molecule has 318 valence electrons. The van der Waals surface area contributed by atoms with Crippen LogP contribution in [0.15, 0.2) is 77.5 Å². The molecule has 17 heteroatoms. The molecule has 2 aromatic carbocycles. The normalized spacial score (nSPS) is 14.5. The quantitative estimate of drug-likeness (QED) is 0.0391. The second kappa shape index (κ2) is 22.3. The van der Waals surface area contributed by atoms with E-state index in [1.165, 1.54) is 6.08 Å². The summed E-state index contributed by atoms with van der Waals surface area (Å²) in [5.41, 5.74) is 8.65. The summed E-state index contributed by atoms with van der Waals surface area (Å²) >= 11 is 3.46. The number of H-pyrrole nitrogens is 1. The van der Waals surface area contributed by atoms with Crippen LogP contribution in [-0.4, -0.2) is 79.7 Å². The van der Waals surface area contributed by atoms with Crippen molar-refractivity contribution in [1.29, 1.82) is 0 Å². The maximum Gasteiger partial charge on any atom is 0.303 e. The number of amides is 5. The van der Waals surface area contributed by atoms with Gasteiger partial charge in [-0.2, -0.15) is 0 Å². The van der Waals surface area contributed by atoms with Gasteiger partial charge in [-0.3, -0.25) is 33.8 Å². The van der Waals surface area contributed by atoms with Crippen molar-refractivity contribution in [1.82, 2.24) is 36.2 Å². The largest absolute Gasteiger partial charge is 0.481 e. The van der Waals surface area contributed by atoms with Crippen molar-refractivity contribution in [3.05, 3.63) is 88.7 Å². The number of aromatic nitrogens is 3. The number of nitrogens with one attached hydrogen (secondary N) is 6. The predicted molar refractivity (Wildman–Crippen MR) is 230 cm³/mol. The third kappa shape index (κ3) is 14.0. The molecule has 16 nitrogen and oxygen atoms in total. The Morgan fingerprint density at radius 1 is 0.900 bits per heavy atom. The minimum atomic E-state index is -1.27. The second-order valence-electron chi connectivity index (χ2n) is 14.9. The summed E-state index contributed by atoms with van der Waals surface area (Å²) < 4.78 is 0.937. The van der Waals surface area contributed by atoms with Crippen molar-refractivity contribution >= 4 is 80.2 Å². The lowest BCUT2D eigenvalue weighted by Crippen LogP contribution is -2.62. The predicted octanol–water partition coefficient (Wildman–Crippen LogP) is 4.93. The highest BCUT2D eigenvalue weighted by molar-refractivity contribution is 9.10. The number of nitrogens with zero attached hydrogens (tertiary/aromatic N) is 2. The average Bonchev–Trinajstić information content (AvgIpc) is 3.63. The van der Waals surface area contributed by atoms with E-state index < -0.39 is 41.3 Å². The number of pyridine rings is 1. The number of carbonyl (C=O) groups excluding carboxylic acids is 5. The SMILES string of the molecule is NC(=O)C1(NC(=O)[C@@H](CCCC(=O)O)NC(=O)[C@@H](CCCCNC(=O)/C=C/c2cccnc2)NC(=O)CCc2ccc(Nc3nc4ccc(Br)cc4[nH]3)cc2)CCCCC1. The Labute approximate surface area is 356 Å². The van der Waals surface area contributed by atoms with E-state index in [9.17, 15) is 33.9 Å². The molecule has 1 fully saturated rings. The first-order valence-corrected chi connectivity index (χ1v) is 21.0. The van der Waals surface area contributed by atoms with Crippen molar-refractivity contribution in [2.75, 3.05) is 11.9 Å². The molecule has 2 aromatic heterocycles. The van der Waals surface area contributed by atoms with Crippen LogP contribution in [0.5, 0.6) is 0 Å². The second-order valence-corrected chi connectivity index (χ2v) is 15.9. The molecule has 4 aromatic rings. The highest BCUT2D eigenvalue weighted by Gasteiger charge is 2.41. The summed E-state index contributed by atoms with van der Waals surface area (Å²) in [6.45, 7) is 0.312. The summed E-state index contributed by atoms with van der Waals surface area (Å²) in [5, 5.41) is 23.7. The van der Waals surface area contributed by atoms with Crippen LogP contribution in [0.4, 0.5) is 11.6 Å². The number of fused-ring (bicyclic) bond motifs is 1. The van der Waals surface area contributed by atoms with Gasteiger partial charge < -0.3 is 42.4 Å². The molecule has 2 atom stereocenters. The van der Waals surface area contributed by atoms with Crippen molar-refractivity contribution in [2.45, 2.75) is 101 Å². The third-order valence-electron chi connectivity index (χ3n) is 10.3. The molecule has 0 aliphatic heterocycles. The number of rotatable bonds is 22. The molecule has 0 bridgehead atoms. The number of unbranched alkanes of at least 4 members (excludes halogenated alkanes) is 1. The molecular weight excluding hydrogens is 834 g/mol. The number of carbonyl (C=O) groups is 6. The molecule has 5 amide bonds. The number of carboxylic acid groups (broad SMARTS) is 1. The van der Waals surface area contributed by atoms with Gasteiger partial charge in [0.05, 0.1) is 11.0 Å². The molecule has 0 radical (unpaired) electrons. The Morgan fingerprint density at radius 2 is 1.65 bits per heavy atom. The number of hydrogen-bond donors (Lipinski definition) is 8. The number of halogens is 1. The number of primary amides is 1. The Kier molecular flexibility index (Phi) is 16.7. The topological polar surface area (TPSA) is 250 Å². The van der Waals surface area contributed by atoms with Crippen molar-refractivity contribution in [3.63, 3.8) is 0 Å². The van der Waals surface area contributed by atoms with E-state index in [-0.39, 0.29) is 43.9 Å². The number of nitrogens with two attached hydrogens (primary N) is 1. The van der Waals surface area contributed by atoms with E-state index in [0.29, 0.717) is 57.4 Å². The highest BCUT2D eigenvalue weighted by Crippen LogP contribution is 2.28. The lowest BCUT2D eigenvalue weighted by molar-refractivity contribution is -0.138. The van der Waals surface area contributed by atoms with E-state index in [1.54, 1.807) is 24.5 Å². The van der Waals surface area contributed by atoms with Crippen LogP contribution in [0.2, 0.25) is 0 Å².